The first-order valence-corrected chi connectivity index (χ1v) is 8.19. The van der Waals surface area contributed by atoms with E-state index in [-0.39, 0.29) is 5.91 Å². The van der Waals surface area contributed by atoms with Crippen molar-refractivity contribution >= 4 is 34.9 Å². The second-order valence-corrected chi connectivity index (χ2v) is 6.22. The van der Waals surface area contributed by atoms with Crippen molar-refractivity contribution in [2.24, 2.45) is 0 Å². The number of benzene rings is 1. The summed E-state index contributed by atoms with van der Waals surface area (Å²) in [6.07, 6.45) is 2.24. The van der Waals surface area contributed by atoms with Gasteiger partial charge in [0.1, 0.15) is 16.8 Å². The van der Waals surface area contributed by atoms with Gasteiger partial charge in [0.25, 0.3) is 5.91 Å². The van der Waals surface area contributed by atoms with Crippen LogP contribution >= 0.6 is 23.2 Å². The lowest BCUT2D eigenvalue weighted by molar-refractivity contribution is 0.0955. The molecule has 1 aliphatic rings. The third-order valence-corrected chi connectivity index (χ3v) is 3.92. The van der Waals surface area contributed by atoms with Crippen molar-refractivity contribution in [2.45, 2.75) is 18.8 Å². The summed E-state index contributed by atoms with van der Waals surface area (Å²) in [7, 11) is 0. The van der Waals surface area contributed by atoms with Crippen molar-refractivity contribution in [3.63, 3.8) is 0 Å². The Morgan fingerprint density at radius 2 is 1.87 bits per heavy atom. The summed E-state index contributed by atoms with van der Waals surface area (Å²) in [5.41, 5.74) is 0.579. The number of carbonyl (C=O) groups is 1. The van der Waals surface area contributed by atoms with Crippen LogP contribution in [0.15, 0.2) is 30.3 Å². The van der Waals surface area contributed by atoms with Crippen LogP contribution in [-0.4, -0.2) is 29.0 Å². The lowest BCUT2D eigenvalue weighted by Crippen LogP contribution is -2.28. The fourth-order valence-corrected chi connectivity index (χ4v) is 2.44. The van der Waals surface area contributed by atoms with Gasteiger partial charge in [0, 0.05) is 35.7 Å². The Bertz CT molecular complexity index is 702. The minimum atomic E-state index is -0.136. The maximum atomic E-state index is 11.9. The van der Waals surface area contributed by atoms with E-state index in [0.717, 1.165) is 18.7 Å². The molecule has 0 bridgehead atoms. The molecule has 0 atom stereocenters. The Labute approximate surface area is 144 Å². The van der Waals surface area contributed by atoms with Crippen molar-refractivity contribution in [1.29, 1.82) is 0 Å². The number of aromatic nitrogens is 2. The van der Waals surface area contributed by atoms with Gasteiger partial charge in [-0.15, -0.1) is 0 Å². The lowest BCUT2D eigenvalue weighted by Gasteiger charge is -2.09. The van der Waals surface area contributed by atoms with Gasteiger partial charge in [-0.3, -0.25) is 4.79 Å². The van der Waals surface area contributed by atoms with Gasteiger partial charge in [0.05, 0.1) is 0 Å². The van der Waals surface area contributed by atoms with Gasteiger partial charge < -0.3 is 10.6 Å². The highest BCUT2D eigenvalue weighted by Crippen LogP contribution is 2.38. The molecule has 2 aromatic rings. The summed E-state index contributed by atoms with van der Waals surface area (Å²) in [6, 6.07) is 8.46. The first-order valence-electron chi connectivity index (χ1n) is 7.44. The molecule has 1 aromatic heterocycles. The van der Waals surface area contributed by atoms with Crippen molar-refractivity contribution in [3.05, 3.63) is 51.9 Å². The van der Waals surface area contributed by atoms with Crippen LogP contribution in [0.1, 0.15) is 34.9 Å². The molecule has 7 heteroatoms. The highest BCUT2D eigenvalue weighted by atomic mass is 35.5. The van der Waals surface area contributed by atoms with E-state index in [1.165, 1.54) is 0 Å². The number of anilines is 1. The summed E-state index contributed by atoms with van der Waals surface area (Å²) in [5, 5.41) is 7.03. The topological polar surface area (TPSA) is 66.9 Å². The molecule has 0 spiro atoms. The highest BCUT2D eigenvalue weighted by molar-refractivity contribution is 6.30. The van der Waals surface area contributed by atoms with Crippen LogP contribution < -0.4 is 10.6 Å². The summed E-state index contributed by atoms with van der Waals surface area (Å²) >= 11 is 11.8. The van der Waals surface area contributed by atoms with Crippen LogP contribution in [0.2, 0.25) is 10.2 Å². The Morgan fingerprint density at radius 3 is 2.57 bits per heavy atom. The number of carbonyl (C=O) groups excluding carboxylic acids is 1. The van der Waals surface area contributed by atoms with Crippen molar-refractivity contribution in [2.75, 3.05) is 18.4 Å². The molecule has 1 heterocycles. The molecule has 0 radical (unpaired) electrons. The highest BCUT2D eigenvalue weighted by Gasteiger charge is 2.27. The van der Waals surface area contributed by atoms with Crippen molar-refractivity contribution in [1.82, 2.24) is 15.3 Å². The first kappa shape index (κ1) is 16.0. The number of rotatable bonds is 6. The molecule has 3 rings (SSSR count). The number of hydrogen-bond donors (Lipinski definition) is 2. The van der Waals surface area contributed by atoms with E-state index in [2.05, 4.69) is 20.6 Å². The van der Waals surface area contributed by atoms with Crippen LogP contribution in [0.25, 0.3) is 0 Å². The van der Waals surface area contributed by atoms with Crippen LogP contribution in [-0.2, 0) is 0 Å². The maximum absolute atomic E-state index is 11.9. The van der Waals surface area contributed by atoms with Crippen LogP contribution in [0, 0.1) is 0 Å². The fourth-order valence-electron chi connectivity index (χ4n) is 2.12. The molecule has 1 amide bonds. The molecule has 0 aliphatic heterocycles. The number of nitrogens with zero attached hydrogens (tertiary/aromatic N) is 2. The molecule has 5 nitrogen and oxygen atoms in total. The molecule has 1 aliphatic carbocycles. The molecule has 2 N–H and O–H groups in total. The Kier molecular flexibility index (Phi) is 4.98. The summed E-state index contributed by atoms with van der Waals surface area (Å²) in [4.78, 5) is 20.6. The van der Waals surface area contributed by atoms with E-state index in [0.29, 0.717) is 40.6 Å². The second-order valence-electron chi connectivity index (χ2n) is 5.40. The van der Waals surface area contributed by atoms with Gasteiger partial charge in [-0.05, 0) is 37.1 Å². The zero-order chi connectivity index (χ0) is 16.2. The molecule has 0 unspecified atom stereocenters. The lowest BCUT2D eigenvalue weighted by atomic mass is 10.2. The monoisotopic (exact) mass is 350 g/mol. The largest absolute Gasteiger partial charge is 0.368 e. The average Bonchev–Trinajstić information content (AvgIpc) is 3.36. The van der Waals surface area contributed by atoms with Gasteiger partial charge in [-0.2, -0.15) is 0 Å². The normalized spacial score (nSPS) is 13.7. The van der Waals surface area contributed by atoms with Gasteiger partial charge >= 0.3 is 0 Å². The van der Waals surface area contributed by atoms with E-state index in [1.807, 2.05) is 0 Å². The quantitative estimate of drug-likeness (QED) is 0.618. The van der Waals surface area contributed by atoms with Gasteiger partial charge in [0.2, 0.25) is 0 Å². The summed E-state index contributed by atoms with van der Waals surface area (Å²) < 4.78 is 0. The Morgan fingerprint density at radius 1 is 1.13 bits per heavy atom. The van der Waals surface area contributed by atoms with Crippen LogP contribution in [0.5, 0.6) is 0 Å². The second kappa shape index (κ2) is 7.15. The molecule has 1 aromatic carbocycles. The standard InChI is InChI=1S/C16H16Cl2N4O/c17-12-5-3-11(4-6-12)16(23)20-8-7-19-14-9-13(18)21-15(22-14)10-1-2-10/h3-6,9-10H,1-2,7-8H2,(H,20,23)(H,19,21,22). The first-order chi connectivity index (χ1) is 11.1. The molecule has 1 fully saturated rings. The summed E-state index contributed by atoms with van der Waals surface area (Å²) in [6.45, 7) is 1.03. The molecule has 120 valence electrons. The Hall–Kier alpha value is -1.85. The number of hydrogen-bond acceptors (Lipinski definition) is 4. The predicted molar refractivity (Wildman–Crippen MR) is 91.3 cm³/mol. The van der Waals surface area contributed by atoms with E-state index in [4.69, 9.17) is 23.2 Å². The zero-order valence-electron chi connectivity index (χ0n) is 12.4. The Balaban J connectivity index is 1.48. The van der Waals surface area contributed by atoms with E-state index < -0.39 is 0 Å². The number of amides is 1. The van der Waals surface area contributed by atoms with Gasteiger partial charge in [-0.25, -0.2) is 9.97 Å². The minimum Gasteiger partial charge on any atom is -0.368 e. The van der Waals surface area contributed by atoms with Gasteiger partial charge in [-0.1, -0.05) is 23.2 Å². The third kappa shape index (κ3) is 4.56. The molecule has 1 saturated carbocycles. The molecule has 23 heavy (non-hydrogen) atoms. The SMILES string of the molecule is O=C(NCCNc1cc(Cl)nc(C2CC2)n1)c1ccc(Cl)cc1. The van der Waals surface area contributed by atoms with Crippen LogP contribution in [0.4, 0.5) is 5.82 Å². The van der Waals surface area contributed by atoms with Gasteiger partial charge in [0.15, 0.2) is 0 Å². The van der Waals surface area contributed by atoms with E-state index in [1.54, 1.807) is 30.3 Å². The zero-order valence-corrected chi connectivity index (χ0v) is 13.9. The van der Waals surface area contributed by atoms with E-state index >= 15 is 0 Å². The molecular weight excluding hydrogens is 335 g/mol. The molecular formula is C16H16Cl2N4O. The van der Waals surface area contributed by atoms with Crippen LogP contribution in [0.3, 0.4) is 0 Å². The maximum Gasteiger partial charge on any atom is 0.251 e. The average molecular weight is 351 g/mol. The summed E-state index contributed by atoms with van der Waals surface area (Å²) in [5.74, 6) is 1.79. The minimum absolute atomic E-state index is 0.136. The third-order valence-electron chi connectivity index (χ3n) is 3.48. The molecule has 0 saturated heterocycles. The fraction of sp³-hybridized carbons (Fsp3) is 0.312. The number of nitrogens with one attached hydrogen (secondary N) is 2. The van der Waals surface area contributed by atoms with Crippen molar-refractivity contribution in [3.8, 4) is 0 Å². The number of halogens is 2. The smallest absolute Gasteiger partial charge is 0.251 e. The van der Waals surface area contributed by atoms with Crippen molar-refractivity contribution < 1.29 is 4.79 Å². The van der Waals surface area contributed by atoms with E-state index in [9.17, 15) is 4.79 Å². The predicted octanol–water partition coefficient (Wildman–Crippen LogP) is 3.50.